The Bertz CT molecular complexity index is 1040. The average molecular weight is 428 g/mol. The van der Waals surface area contributed by atoms with Crippen LogP contribution in [0.5, 0.6) is 11.6 Å². The maximum absolute atomic E-state index is 13.7. The summed E-state index contributed by atoms with van der Waals surface area (Å²) in [6.45, 7) is 0. The van der Waals surface area contributed by atoms with Crippen molar-refractivity contribution < 1.29 is 27.4 Å². The van der Waals surface area contributed by atoms with Crippen LogP contribution in [0.1, 0.15) is 16.1 Å². The maximum atomic E-state index is 13.7. The number of nitrogens with zero attached hydrogens (tertiary/aromatic N) is 4. The molecule has 0 saturated carbocycles. The number of amides is 1. The molecule has 0 fully saturated rings. The van der Waals surface area contributed by atoms with Gasteiger partial charge in [0.25, 0.3) is 5.91 Å². The molecule has 1 aromatic carbocycles. The largest absolute Gasteiger partial charge is 0.495 e. The zero-order chi connectivity index (χ0) is 21.2. The molecule has 3 rings (SSSR count). The van der Waals surface area contributed by atoms with Gasteiger partial charge in [0.1, 0.15) is 5.75 Å². The van der Waals surface area contributed by atoms with Crippen LogP contribution in [0.2, 0.25) is 5.02 Å². The van der Waals surface area contributed by atoms with Crippen LogP contribution < -0.4 is 14.8 Å². The average Bonchev–Trinajstić information content (AvgIpc) is 3.14. The molecule has 0 radical (unpaired) electrons. The van der Waals surface area contributed by atoms with Gasteiger partial charge in [0.2, 0.25) is 5.88 Å². The molecule has 2 heterocycles. The molecule has 0 atom stereocenters. The Morgan fingerprint density at radius 3 is 2.48 bits per heavy atom. The first-order valence-corrected chi connectivity index (χ1v) is 8.30. The van der Waals surface area contributed by atoms with Crippen molar-refractivity contribution in [2.24, 2.45) is 0 Å². The van der Waals surface area contributed by atoms with Gasteiger partial charge in [-0.2, -0.15) is 18.3 Å². The van der Waals surface area contributed by atoms with Gasteiger partial charge in [0, 0.05) is 11.1 Å². The topological polar surface area (TPSA) is 91.2 Å². The molecule has 1 amide bonds. The number of methoxy groups -OCH3 is 2. The Kier molecular flexibility index (Phi) is 5.59. The number of benzene rings is 1. The minimum atomic E-state index is -4.90. The van der Waals surface area contributed by atoms with Crippen molar-refractivity contribution in [3.63, 3.8) is 0 Å². The van der Waals surface area contributed by atoms with Crippen molar-refractivity contribution in [1.29, 1.82) is 0 Å². The number of alkyl halides is 3. The van der Waals surface area contributed by atoms with E-state index in [0.29, 0.717) is 4.68 Å². The second-order valence-electron chi connectivity index (χ2n) is 5.55. The van der Waals surface area contributed by atoms with Crippen molar-refractivity contribution in [1.82, 2.24) is 20.0 Å². The molecule has 0 aliphatic heterocycles. The fourth-order valence-electron chi connectivity index (χ4n) is 2.46. The third kappa shape index (κ3) is 4.24. The fraction of sp³-hybridized carbons (Fsp3) is 0.176. The third-order valence-corrected chi connectivity index (χ3v) is 3.98. The van der Waals surface area contributed by atoms with Gasteiger partial charge in [-0.15, -0.1) is 10.2 Å². The highest BCUT2D eigenvalue weighted by Crippen LogP contribution is 2.34. The van der Waals surface area contributed by atoms with Gasteiger partial charge in [0.15, 0.2) is 11.5 Å². The van der Waals surface area contributed by atoms with Crippen molar-refractivity contribution >= 4 is 23.2 Å². The van der Waals surface area contributed by atoms with Crippen molar-refractivity contribution in [2.75, 3.05) is 19.5 Å². The second-order valence-corrected chi connectivity index (χ2v) is 5.99. The lowest BCUT2D eigenvalue weighted by atomic mass is 10.2. The van der Waals surface area contributed by atoms with E-state index >= 15 is 0 Å². The van der Waals surface area contributed by atoms with Crippen LogP contribution in [0.3, 0.4) is 0 Å². The number of rotatable bonds is 5. The zero-order valence-electron chi connectivity index (χ0n) is 15.0. The summed E-state index contributed by atoms with van der Waals surface area (Å²) in [7, 11) is 2.69. The number of hydrogen-bond donors (Lipinski definition) is 1. The van der Waals surface area contributed by atoms with E-state index in [4.69, 9.17) is 21.1 Å². The lowest BCUT2D eigenvalue weighted by Crippen LogP contribution is -2.21. The Balaban J connectivity index is 2.02. The van der Waals surface area contributed by atoms with Crippen LogP contribution in [-0.4, -0.2) is 40.1 Å². The quantitative estimate of drug-likeness (QED) is 0.669. The van der Waals surface area contributed by atoms with Crippen LogP contribution in [0.4, 0.5) is 18.9 Å². The number of carbonyl (C=O) groups excluding carboxylic acids is 1. The molecule has 12 heteroatoms. The van der Waals surface area contributed by atoms with E-state index in [0.717, 1.165) is 6.20 Å². The monoisotopic (exact) mass is 427 g/mol. The summed E-state index contributed by atoms with van der Waals surface area (Å²) in [4.78, 5) is 12.6. The summed E-state index contributed by atoms with van der Waals surface area (Å²) in [6, 6.07) is 6.89. The number of hydrogen-bond acceptors (Lipinski definition) is 6. The van der Waals surface area contributed by atoms with Crippen LogP contribution in [0, 0.1) is 0 Å². The molecule has 1 N–H and O–H groups in total. The number of nitrogens with one attached hydrogen (secondary N) is 1. The van der Waals surface area contributed by atoms with Gasteiger partial charge in [0.05, 0.1) is 31.7 Å². The molecule has 0 bridgehead atoms. The summed E-state index contributed by atoms with van der Waals surface area (Å²) >= 11 is 5.89. The van der Waals surface area contributed by atoms with Crippen molar-refractivity contribution in [2.45, 2.75) is 6.18 Å². The maximum Gasteiger partial charge on any atom is 0.434 e. The third-order valence-electron chi connectivity index (χ3n) is 3.74. The van der Waals surface area contributed by atoms with Crippen LogP contribution >= 0.6 is 11.6 Å². The number of aromatic nitrogens is 4. The Hall–Kier alpha value is -3.34. The van der Waals surface area contributed by atoms with E-state index in [1.165, 1.54) is 44.6 Å². The van der Waals surface area contributed by atoms with Crippen molar-refractivity contribution in [3.8, 4) is 17.4 Å². The molecule has 152 valence electrons. The Morgan fingerprint density at radius 2 is 1.90 bits per heavy atom. The molecule has 8 nitrogen and oxygen atoms in total. The highest BCUT2D eigenvalue weighted by Gasteiger charge is 2.41. The number of halogens is 4. The van der Waals surface area contributed by atoms with E-state index in [9.17, 15) is 18.0 Å². The predicted molar refractivity (Wildman–Crippen MR) is 96.7 cm³/mol. The minimum Gasteiger partial charge on any atom is -0.495 e. The zero-order valence-corrected chi connectivity index (χ0v) is 15.7. The number of carbonyl (C=O) groups is 1. The van der Waals surface area contributed by atoms with Crippen molar-refractivity contribution in [3.05, 3.63) is 52.8 Å². The summed E-state index contributed by atoms with van der Waals surface area (Å²) in [5.74, 6) is -0.951. The first-order chi connectivity index (χ1) is 13.7. The van der Waals surface area contributed by atoms with Gasteiger partial charge >= 0.3 is 6.18 Å². The van der Waals surface area contributed by atoms with Gasteiger partial charge in [-0.05, 0) is 24.3 Å². The van der Waals surface area contributed by atoms with Gasteiger partial charge < -0.3 is 14.8 Å². The van der Waals surface area contributed by atoms with E-state index in [-0.39, 0.29) is 28.2 Å². The van der Waals surface area contributed by atoms with Gasteiger partial charge in [-0.25, -0.2) is 4.68 Å². The minimum absolute atomic E-state index is 0.107. The molecule has 0 aliphatic rings. The van der Waals surface area contributed by atoms with E-state index < -0.39 is 23.3 Å². The normalized spacial score (nSPS) is 11.2. The van der Waals surface area contributed by atoms with E-state index in [1.807, 2.05) is 0 Å². The molecule has 2 aromatic heterocycles. The molecule has 0 aliphatic carbocycles. The Labute approximate surface area is 167 Å². The highest BCUT2D eigenvalue weighted by molar-refractivity contribution is 6.31. The molecule has 0 saturated heterocycles. The van der Waals surface area contributed by atoms with E-state index in [2.05, 4.69) is 20.6 Å². The number of ether oxygens (including phenoxy) is 2. The van der Waals surface area contributed by atoms with Crippen LogP contribution in [0.15, 0.2) is 36.5 Å². The molecular weight excluding hydrogens is 415 g/mol. The second kappa shape index (κ2) is 7.95. The predicted octanol–water partition coefficient (Wildman–Crippen LogP) is 3.60. The first kappa shape index (κ1) is 20.4. The SMILES string of the molecule is COc1ccc(-n2ncc(C(=O)Nc3cc(Cl)ccc3OC)c2C(F)(F)F)nn1. The molecule has 0 unspecified atom stereocenters. The van der Waals surface area contributed by atoms with Crippen LogP contribution in [-0.2, 0) is 6.18 Å². The summed E-state index contributed by atoms with van der Waals surface area (Å²) in [6.07, 6.45) is -4.11. The van der Waals surface area contributed by atoms with Crippen LogP contribution in [0.25, 0.3) is 5.82 Å². The van der Waals surface area contributed by atoms with Gasteiger partial charge in [-0.3, -0.25) is 4.79 Å². The molecule has 0 spiro atoms. The van der Waals surface area contributed by atoms with Gasteiger partial charge in [-0.1, -0.05) is 11.6 Å². The summed E-state index contributed by atoms with van der Waals surface area (Å²) in [5, 5.41) is 13.6. The standard InChI is InChI=1S/C17H13ClF3N5O3/c1-28-12-4-3-9(18)7-11(12)23-16(27)10-8-22-26(15(10)17(19,20)21)13-5-6-14(29-2)25-24-13/h3-8H,1-2H3,(H,23,27). The molecule has 29 heavy (non-hydrogen) atoms. The first-order valence-electron chi connectivity index (χ1n) is 7.92. The number of anilines is 1. The lowest BCUT2D eigenvalue weighted by molar-refractivity contribution is -0.143. The highest BCUT2D eigenvalue weighted by atomic mass is 35.5. The molecule has 3 aromatic rings. The summed E-state index contributed by atoms with van der Waals surface area (Å²) < 4.78 is 51.6. The fourth-order valence-corrected chi connectivity index (χ4v) is 2.64. The summed E-state index contributed by atoms with van der Waals surface area (Å²) in [5.41, 5.74) is -1.91. The lowest BCUT2D eigenvalue weighted by Gasteiger charge is -2.13. The van der Waals surface area contributed by atoms with E-state index in [1.54, 1.807) is 0 Å². The molecular formula is C17H13ClF3N5O3. The Morgan fingerprint density at radius 1 is 1.14 bits per heavy atom. The smallest absolute Gasteiger partial charge is 0.434 e.